The van der Waals surface area contributed by atoms with E-state index < -0.39 is 0 Å². The largest absolute Gasteiger partial charge is 0.497 e. The smallest absolute Gasteiger partial charge is 0.175 e. The van der Waals surface area contributed by atoms with E-state index >= 15 is 0 Å². The molecule has 0 fully saturated rings. The Morgan fingerprint density at radius 1 is 1.37 bits per heavy atom. The van der Waals surface area contributed by atoms with E-state index in [0.29, 0.717) is 17.4 Å². The Bertz CT molecular complexity index is 932. The molecule has 0 bridgehead atoms. The number of imidazole rings is 1. The fraction of sp³-hybridized carbons (Fsp3) is 0.389. The van der Waals surface area contributed by atoms with Crippen LogP contribution in [0.4, 0.5) is 5.82 Å². The summed E-state index contributed by atoms with van der Waals surface area (Å²) in [5, 5.41) is 4.36. The topological polar surface area (TPSA) is 90.9 Å². The molecule has 1 aromatic carbocycles. The second kappa shape index (κ2) is 9.07. The third kappa shape index (κ3) is 4.64. The summed E-state index contributed by atoms with van der Waals surface area (Å²) < 4.78 is 8.60. The molecule has 1 unspecified atom stereocenters. The Labute approximate surface area is 176 Å². The Morgan fingerprint density at radius 3 is 2.93 bits per heavy atom. The number of rotatable bonds is 8. The van der Waals surface area contributed by atoms with Crippen LogP contribution >= 0.6 is 34.4 Å². The summed E-state index contributed by atoms with van der Waals surface area (Å²) in [5.74, 6) is 1.22. The summed E-state index contributed by atoms with van der Waals surface area (Å²) in [7, 11) is 1.67. The molecule has 2 aromatic heterocycles. The molecule has 3 aromatic rings. The van der Waals surface area contributed by atoms with Crippen molar-refractivity contribution in [3.63, 3.8) is 0 Å². The molecular weight excluding hydrogens is 475 g/mol. The second-order valence-corrected chi connectivity index (χ2v) is 8.31. The number of nitrogens with one attached hydrogen (secondary N) is 1. The predicted octanol–water partition coefficient (Wildman–Crippen LogP) is 3.56. The summed E-state index contributed by atoms with van der Waals surface area (Å²) in [6.07, 6.45) is 2.57. The molecule has 0 aliphatic heterocycles. The average molecular weight is 498 g/mol. The van der Waals surface area contributed by atoms with Gasteiger partial charge in [-0.3, -0.25) is 0 Å². The van der Waals surface area contributed by atoms with Crippen LogP contribution in [0, 0.1) is 3.57 Å². The highest BCUT2D eigenvalue weighted by Crippen LogP contribution is 2.35. The summed E-state index contributed by atoms with van der Waals surface area (Å²) in [4.78, 5) is 14.3. The van der Waals surface area contributed by atoms with Crippen molar-refractivity contribution in [1.82, 2.24) is 24.8 Å². The molecule has 2 heterocycles. The molecule has 144 valence electrons. The van der Waals surface area contributed by atoms with Crippen LogP contribution in [0.15, 0.2) is 34.6 Å². The van der Waals surface area contributed by atoms with Gasteiger partial charge in [-0.25, -0.2) is 15.0 Å². The maximum absolute atomic E-state index is 6.03. The van der Waals surface area contributed by atoms with Crippen LogP contribution in [-0.2, 0) is 6.54 Å². The molecule has 0 aliphatic rings. The van der Waals surface area contributed by atoms with Crippen molar-refractivity contribution in [2.24, 2.45) is 0 Å². The number of anilines is 1. The minimum Gasteiger partial charge on any atom is -0.497 e. The van der Waals surface area contributed by atoms with Gasteiger partial charge in [0.25, 0.3) is 0 Å². The number of halogens is 1. The summed E-state index contributed by atoms with van der Waals surface area (Å²) in [6, 6.07) is 6.47. The van der Waals surface area contributed by atoms with Crippen LogP contribution in [0.2, 0.25) is 0 Å². The number of ether oxygens (including phenoxy) is 1. The molecule has 3 rings (SSSR count). The van der Waals surface area contributed by atoms with E-state index in [2.05, 4.69) is 56.3 Å². The first-order valence-electron chi connectivity index (χ1n) is 8.75. The fourth-order valence-electron chi connectivity index (χ4n) is 2.57. The lowest BCUT2D eigenvalue weighted by Gasteiger charge is -2.13. The van der Waals surface area contributed by atoms with Crippen molar-refractivity contribution in [2.45, 2.75) is 42.9 Å². The second-order valence-electron chi connectivity index (χ2n) is 6.14. The van der Waals surface area contributed by atoms with E-state index in [0.717, 1.165) is 44.5 Å². The highest BCUT2D eigenvalue weighted by Gasteiger charge is 2.17. The Morgan fingerprint density at radius 2 is 2.19 bits per heavy atom. The molecule has 9 heteroatoms. The van der Waals surface area contributed by atoms with Crippen LogP contribution < -0.4 is 15.8 Å². The number of hydrogen-bond acceptors (Lipinski definition) is 7. The van der Waals surface area contributed by atoms with Crippen molar-refractivity contribution >= 4 is 51.3 Å². The number of aromatic nitrogens is 4. The van der Waals surface area contributed by atoms with Crippen molar-refractivity contribution in [1.29, 1.82) is 0 Å². The van der Waals surface area contributed by atoms with Gasteiger partial charge in [-0.1, -0.05) is 18.7 Å². The number of nitrogen functional groups attached to an aromatic ring is 1. The first kappa shape index (κ1) is 20.2. The van der Waals surface area contributed by atoms with E-state index in [9.17, 15) is 0 Å². The highest BCUT2D eigenvalue weighted by molar-refractivity contribution is 14.1. The summed E-state index contributed by atoms with van der Waals surface area (Å²) in [5.41, 5.74) is 7.43. The zero-order valence-electron chi connectivity index (χ0n) is 15.6. The maximum atomic E-state index is 6.03. The molecular formula is C18H23IN6OS. The third-order valence-corrected chi connectivity index (χ3v) is 6.66. The van der Waals surface area contributed by atoms with E-state index in [1.807, 2.05) is 18.2 Å². The maximum Gasteiger partial charge on any atom is 0.175 e. The van der Waals surface area contributed by atoms with Gasteiger partial charge in [-0.2, -0.15) is 0 Å². The molecule has 27 heavy (non-hydrogen) atoms. The van der Waals surface area contributed by atoms with E-state index in [-0.39, 0.29) is 0 Å². The van der Waals surface area contributed by atoms with Gasteiger partial charge in [-0.15, -0.1) is 0 Å². The number of benzene rings is 1. The van der Waals surface area contributed by atoms with Gasteiger partial charge in [0, 0.05) is 27.6 Å². The molecule has 0 saturated heterocycles. The van der Waals surface area contributed by atoms with Gasteiger partial charge >= 0.3 is 0 Å². The van der Waals surface area contributed by atoms with Crippen LogP contribution in [0.3, 0.4) is 0 Å². The molecule has 7 nitrogen and oxygen atoms in total. The molecule has 0 radical (unpaired) electrons. The van der Waals surface area contributed by atoms with Gasteiger partial charge in [-0.05, 0) is 54.1 Å². The standard InChI is InChI=1S/C18H23IN6OS/c1-4-11(2)21-7-8-25-17-15(16(20)22-10-23-17)24-18(25)27-14-9-12(26-3)5-6-13(14)19/h5-6,9-11,21H,4,7-8H2,1-3H3,(H2,20,22,23). The lowest BCUT2D eigenvalue weighted by atomic mass is 10.2. The Balaban J connectivity index is 1.96. The average Bonchev–Trinajstić information content (AvgIpc) is 3.02. The molecule has 0 spiro atoms. The molecule has 1 atom stereocenters. The Kier molecular flexibility index (Phi) is 6.77. The molecule has 3 N–H and O–H groups in total. The fourth-order valence-corrected chi connectivity index (χ4v) is 4.20. The lowest BCUT2D eigenvalue weighted by molar-refractivity contribution is 0.413. The molecule has 0 saturated carbocycles. The van der Waals surface area contributed by atoms with E-state index in [1.54, 1.807) is 18.9 Å². The van der Waals surface area contributed by atoms with E-state index in [4.69, 9.17) is 15.5 Å². The van der Waals surface area contributed by atoms with Crippen molar-refractivity contribution in [2.75, 3.05) is 19.4 Å². The number of methoxy groups -OCH3 is 1. The minimum absolute atomic E-state index is 0.399. The van der Waals surface area contributed by atoms with Gasteiger partial charge < -0.3 is 20.4 Å². The van der Waals surface area contributed by atoms with Crippen LogP contribution in [0.5, 0.6) is 5.75 Å². The SMILES string of the molecule is CCC(C)NCCn1c(Sc2cc(OC)ccc2I)nc2c(N)ncnc21. The number of nitrogens with two attached hydrogens (primary N) is 1. The Hall–Kier alpha value is -1.59. The highest BCUT2D eigenvalue weighted by atomic mass is 127. The van der Waals surface area contributed by atoms with Crippen molar-refractivity contribution < 1.29 is 4.74 Å². The number of nitrogens with zero attached hydrogens (tertiary/aromatic N) is 4. The van der Waals surface area contributed by atoms with Crippen LogP contribution in [-0.4, -0.2) is 39.2 Å². The monoisotopic (exact) mass is 498 g/mol. The number of fused-ring (bicyclic) bond motifs is 1. The van der Waals surface area contributed by atoms with Gasteiger partial charge in [0.2, 0.25) is 0 Å². The first-order valence-corrected chi connectivity index (χ1v) is 10.6. The summed E-state index contributed by atoms with van der Waals surface area (Å²) >= 11 is 3.90. The summed E-state index contributed by atoms with van der Waals surface area (Å²) in [6.45, 7) is 5.93. The van der Waals surface area contributed by atoms with Crippen molar-refractivity contribution in [3.05, 3.63) is 28.1 Å². The normalized spacial score (nSPS) is 12.4. The number of hydrogen-bond donors (Lipinski definition) is 2. The van der Waals surface area contributed by atoms with Crippen LogP contribution in [0.1, 0.15) is 20.3 Å². The predicted molar refractivity (Wildman–Crippen MR) is 117 cm³/mol. The van der Waals surface area contributed by atoms with Gasteiger partial charge in [0.15, 0.2) is 22.1 Å². The first-order chi connectivity index (χ1) is 13.0. The molecule has 0 amide bonds. The van der Waals surface area contributed by atoms with E-state index in [1.165, 1.54) is 6.33 Å². The van der Waals surface area contributed by atoms with Crippen LogP contribution in [0.25, 0.3) is 11.2 Å². The minimum atomic E-state index is 0.399. The lowest BCUT2D eigenvalue weighted by Crippen LogP contribution is -2.28. The zero-order valence-corrected chi connectivity index (χ0v) is 18.5. The van der Waals surface area contributed by atoms with Crippen molar-refractivity contribution in [3.8, 4) is 5.75 Å². The zero-order chi connectivity index (χ0) is 19.4. The van der Waals surface area contributed by atoms with Gasteiger partial charge in [0.1, 0.15) is 12.1 Å². The molecule has 0 aliphatic carbocycles. The quantitative estimate of drug-likeness (QED) is 0.459. The van der Waals surface area contributed by atoms with Gasteiger partial charge in [0.05, 0.1) is 7.11 Å². The third-order valence-electron chi connectivity index (χ3n) is 4.31.